The lowest BCUT2D eigenvalue weighted by Gasteiger charge is -2.08. The average Bonchev–Trinajstić information content (AvgIpc) is 3.25. The molecule has 2 aromatic carbocycles. The Labute approximate surface area is 162 Å². The van der Waals surface area contributed by atoms with E-state index in [1.54, 1.807) is 36.4 Å². The van der Waals surface area contributed by atoms with Crippen LogP contribution < -0.4 is 10.1 Å². The summed E-state index contributed by atoms with van der Waals surface area (Å²) in [5, 5.41) is 11.1. The smallest absolute Gasteiger partial charge is 0.255 e. The number of aryl methyl sites for hydroxylation is 1. The quantitative estimate of drug-likeness (QED) is 0.556. The number of nitrogens with zero attached hydrogens (tertiary/aromatic N) is 3. The Morgan fingerprint density at radius 1 is 0.929 bits per heavy atom. The minimum atomic E-state index is -0.149. The van der Waals surface area contributed by atoms with Gasteiger partial charge in [-0.05, 0) is 61.5 Å². The molecule has 0 aliphatic heterocycles. The van der Waals surface area contributed by atoms with E-state index in [0.717, 1.165) is 5.56 Å². The monoisotopic (exact) mass is 370 g/mol. The summed E-state index contributed by atoms with van der Waals surface area (Å²) >= 11 is 0. The highest BCUT2D eigenvalue weighted by atomic mass is 16.5. The van der Waals surface area contributed by atoms with Crippen LogP contribution in [0.2, 0.25) is 0 Å². The van der Waals surface area contributed by atoms with Gasteiger partial charge in [-0.2, -0.15) is 0 Å². The molecule has 0 unspecified atom stereocenters. The van der Waals surface area contributed by atoms with E-state index in [2.05, 4.69) is 15.5 Å². The molecule has 6 heteroatoms. The molecule has 4 aromatic rings. The number of carbonyl (C=O) groups excluding carboxylic acids is 1. The number of hydrogen-bond acceptors (Lipinski definition) is 4. The Morgan fingerprint density at radius 2 is 1.71 bits per heavy atom. The molecule has 0 fully saturated rings. The van der Waals surface area contributed by atoms with E-state index in [0.29, 0.717) is 28.7 Å². The molecule has 0 bridgehead atoms. The molecule has 0 aliphatic carbocycles. The van der Waals surface area contributed by atoms with Crippen LogP contribution in [0.4, 0.5) is 5.69 Å². The van der Waals surface area contributed by atoms with E-state index in [1.165, 1.54) is 0 Å². The van der Waals surface area contributed by atoms with Gasteiger partial charge in [0.2, 0.25) is 5.88 Å². The molecular formula is C22H18N4O2. The molecule has 0 saturated carbocycles. The van der Waals surface area contributed by atoms with Gasteiger partial charge in [0.25, 0.3) is 5.91 Å². The number of aromatic nitrogens is 3. The van der Waals surface area contributed by atoms with Crippen LogP contribution in [-0.2, 0) is 0 Å². The van der Waals surface area contributed by atoms with Crippen molar-refractivity contribution < 1.29 is 9.53 Å². The number of ether oxygens (including phenoxy) is 1. The highest BCUT2D eigenvalue weighted by Crippen LogP contribution is 2.22. The van der Waals surface area contributed by atoms with Crippen molar-refractivity contribution in [3.05, 3.63) is 96.3 Å². The predicted molar refractivity (Wildman–Crippen MR) is 107 cm³/mol. The number of amides is 1. The van der Waals surface area contributed by atoms with Crippen LogP contribution in [0, 0.1) is 6.92 Å². The highest BCUT2D eigenvalue weighted by molar-refractivity contribution is 6.04. The molecule has 0 atom stereocenters. The number of anilines is 1. The zero-order valence-corrected chi connectivity index (χ0v) is 15.2. The van der Waals surface area contributed by atoms with Crippen LogP contribution in [-0.4, -0.2) is 20.7 Å². The first-order valence-corrected chi connectivity index (χ1v) is 8.80. The number of nitrogens with one attached hydrogen (secondary N) is 1. The highest BCUT2D eigenvalue weighted by Gasteiger charge is 2.07. The summed E-state index contributed by atoms with van der Waals surface area (Å²) in [7, 11) is 0. The van der Waals surface area contributed by atoms with Crippen LogP contribution >= 0.6 is 0 Å². The predicted octanol–water partition coefficient (Wildman–Crippen LogP) is 4.62. The minimum Gasteiger partial charge on any atom is -0.438 e. The normalized spacial score (nSPS) is 10.5. The maximum Gasteiger partial charge on any atom is 0.255 e. The van der Waals surface area contributed by atoms with E-state index >= 15 is 0 Å². The maximum absolute atomic E-state index is 12.3. The van der Waals surface area contributed by atoms with Crippen LogP contribution in [0.5, 0.6) is 11.6 Å². The van der Waals surface area contributed by atoms with Crippen molar-refractivity contribution in [1.29, 1.82) is 0 Å². The average molecular weight is 370 g/mol. The third kappa shape index (κ3) is 4.07. The summed E-state index contributed by atoms with van der Waals surface area (Å²) in [6.07, 6.45) is 3.79. The lowest BCUT2D eigenvalue weighted by molar-refractivity contribution is 0.102. The maximum atomic E-state index is 12.3. The molecular weight excluding hydrogens is 352 g/mol. The Kier molecular flexibility index (Phi) is 4.84. The van der Waals surface area contributed by atoms with Gasteiger partial charge in [0.1, 0.15) is 5.75 Å². The minimum absolute atomic E-state index is 0.149. The van der Waals surface area contributed by atoms with E-state index in [4.69, 9.17) is 4.74 Å². The van der Waals surface area contributed by atoms with Crippen molar-refractivity contribution in [2.24, 2.45) is 0 Å². The molecule has 1 amide bonds. The summed E-state index contributed by atoms with van der Waals surface area (Å²) in [5.74, 6) is 1.57. The van der Waals surface area contributed by atoms with Gasteiger partial charge in [0, 0.05) is 29.7 Å². The SMILES string of the molecule is Cc1cccc(C(=O)Nc2ccc(Oc3ccc(-n4cccc4)nn3)cc2)c1. The van der Waals surface area contributed by atoms with Crippen molar-refractivity contribution in [1.82, 2.24) is 14.8 Å². The second kappa shape index (κ2) is 7.75. The summed E-state index contributed by atoms with van der Waals surface area (Å²) in [6, 6.07) is 22.0. The molecule has 0 spiro atoms. The van der Waals surface area contributed by atoms with E-state index < -0.39 is 0 Å². The van der Waals surface area contributed by atoms with Gasteiger partial charge in [0.05, 0.1) is 0 Å². The fourth-order valence-electron chi connectivity index (χ4n) is 2.71. The fraction of sp³-hybridized carbons (Fsp3) is 0.0455. The van der Waals surface area contributed by atoms with E-state index in [-0.39, 0.29) is 5.91 Å². The topological polar surface area (TPSA) is 69.0 Å². The van der Waals surface area contributed by atoms with Gasteiger partial charge in [0.15, 0.2) is 5.82 Å². The number of rotatable bonds is 5. The molecule has 0 radical (unpaired) electrons. The summed E-state index contributed by atoms with van der Waals surface area (Å²) in [4.78, 5) is 12.3. The van der Waals surface area contributed by atoms with Gasteiger partial charge in [-0.25, -0.2) is 0 Å². The van der Waals surface area contributed by atoms with Crippen molar-refractivity contribution in [2.75, 3.05) is 5.32 Å². The Hall–Kier alpha value is -3.93. The number of carbonyl (C=O) groups is 1. The Balaban J connectivity index is 1.40. The molecule has 1 N–H and O–H groups in total. The van der Waals surface area contributed by atoms with Gasteiger partial charge < -0.3 is 14.6 Å². The van der Waals surface area contributed by atoms with Crippen molar-refractivity contribution in [3.8, 4) is 17.4 Å². The van der Waals surface area contributed by atoms with Crippen molar-refractivity contribution >= 4 is 11.6 Å². The first-order valence-electron chi connectivity index (χ1n) is 8.80. The molecule has 28 heavy (non-hydrogen) atoms. The van der Waals surface area contributed by atoms with Gasteiger partial charge >= 0.3 is 0 Å². The third-order valence-electron chi connectivity index (χ3n) is 4.11. The second-order valence-corrected chi connectivity index (χ2v) is 6.27. The van der Waals surface area contributed by atoms with Crippen LogP contribution in [0.3, 0.4) is 0 Å². The van der Waals surface area contributed by atoms with Crippen LogP contribution in [0.1, 0.15) is 15.9 Å². The summed E-state index contributed by atoms with van der Waals surface area (Å²) in [6.45, 7) is 1.96. The van der Waals surface area contributed by atoms with Crippen molar-refractivity contribution in [2.45, 2.75) is 6.92 Å². The standard InChI is InChI=1S/C22H18N4O2/c1-16-5-4-6-17(15-16)22(27)23-18-7-9-19(10-8-18)28-21-12-11-20(24-25-21)26-13-2-3-14-26/h2-15H,1H3,(H,23,27). The van der Waals surface area contributed by atoms with Gasteiger partial charge in [-0.3, -0.25) is 4.79 Å². The van der Waals surface area contributed by atoms with Crippen LogP contribution in [0.25, 0.3) is 5.82 Å². The van der Waals surface area contributed by atoms with E-state index in [1.807, 2.05) is 60.3 Å². The van der Waals surface area contributed by atoms with Gasteiger partial charge in [-0.1, -0.05) is 17.7 Å². The summed E-state index contributed by atoms with van der Waals surface area (Å²) < 4.78 is 7.58. The lowest BCUT2D eigenvalue weighted by atomic mass is 10.1. The molecule has 4 rings (SSSR count). The molecule has 0 saturated heterocycles. The lowest BCUT2D eigenvalue weighted by Crippen LogP contribution is -2.11. The number of hydrogen-bond donors (Lipinski definition) is 1. The Bertz CT molecular complexity index is 1070. The second-order valence-electron chi connectivity index (χ2n) is 6.27. The molecule has 6 nitrogen and oxygen atoms in total. The Morgan fingerprint density at radius 3 is 2.39 bits per heavy atom. The third-order valence-corrected chi connectivity index (χ3v) is 4.11. The molecule has 2 aromatic heterocycles. The van der Waals surface area contributed by atoms with E-state index in [9.17, 15) is 4.79 Å². The fourth-order valence-corrected chi connectivity index (χ4v) is 2.71. The first-order chi connectivity index (χ1) is 13.7. The van der Waals surface area contributed by atoms with Crippen LogP contribution in [0.15, 0.2) is 85.2 Å². The van der Waals surface area contributed by atoms with Crippen molar-refractivity contribution in [3.63, 3.8) is 0 Å². The molecule has 2 heterocycles. The number of benzene rings is 2. The molecule has 138 valence electrons. The zero-order valence-electron chi connectivity index (χ0n) is 15.2. The molecule has 0 aliphatic rings. The summed E-state index contributed by atoms with van der Waals surface area (Å²) in [5.41, 5.74) is 2.35. The zero-order chi connectivity index (χ0) is 19.3. The van der Waals surface area contributed by atoms with Gasteiger partial charge in [-0.15, -0.1) is 10.2 Å². The largest absolute Gasteiger partial charge is 0.438 e. The first kappa shape index (κ1) is 17.5.